The average Bonchev–Trinajstić information content (AvgIpc) is 2.69. The molecule has 0 aliphatic rings. The number of nitrogens with zero attached hydrogens (tertiary/aromatic N) is 2. The van der Waals surface area contributed by atoms with Gasteiger partial charge in [-0.05, 0) is 19.9 Å². The zero-order chi connectivity index (χ0) is 10.6. The Balaban J connectivity index is 2.53. The molecule has 1 heterocycles. The molecule has 0 aromatic carbocycles. The van der Waals surface area contributed by atoms with E-state index in [2.05, 4.69) is 10.4 Å². The molecule has 0 saturated carbocycles. The Labute approximate surface area is 83.3 Å². The summed E-state index contributed by atoms with van der Waals surface area (Å²) in [7, 11) is 0. The van der Waals surface area contributed by atoms with E-state index >= 15 is 0 Å². The highest BCUT2D eigenvalue weighted by atomic mass is 16.2. The van der Waals surface area contributed by atoms with Gasteiger partial charge in [-0.15, -0.1) is 0 Å². The van der Waals surface area contributed by atoms with Crippen molar-refractivity contribution >= 4 is 5.91 Å². The number of carbonyl (C=O) groups is 1. The molecule has 0 saturated heterocycles. The summed E-state index contributed by atoms with van der Waals surface area (Å²) in [4.78, 5) is 11.6. The van der Waals surface area contributed by atoms with E-state index in [1.165, 1.54) is 0 Å². The molecule has 0 fully saturated rings. The number of amides is 1. The lowest BCUT2D eigenvalue weighted by atomic mass is 10.2. The van der Waals surface area contributed by atoms with Gasteiger partial charge >= 0.3 is 0 Å². The summed E-state index contributed by atoms with van der Waals surface area (Å²) in [6.45, 7) is 4.11. The van der Waals surface area contributed by atoms with E-state index in [0.717, 1.165) is 0 Å². The summed E-state index contributed by atoms with van der Waals surface area (Å²) < 4.78 is 1.61. The predicted molar refractivity (Wildman–Crippen MR) is 53.6 cm³/mol. The first-order chi connectivity index (χ1) is 6.65. The Bertz CT molecular complexity index is 283. The molecule has 1 aromatic heterocycles. The molecule has 1 aromatic rings. The number of rotatable bonds is 4. The van der Waals surface area contributed by atoms with Crippen LogP contribution in [-0.4, -0.2) is 28.3 Å². The molecule has 3 N–H and O–H groups in total. The van der Waals surface area contributed by atoms with Gasteiger partial charge in [-0.1, -0.05) is 0 Å². The van der Waals surface area contributed by atoms with Gasteiger partial charge in [0.1, 0.15) is 6.04 Å². The fraction of sp³-hybridized carbons (Fsp3) is 0.556. The summed E-state index contributed by atoms with van der Waals surface area (Å²) in [5.41, 5.74) is 5.40. The summed E-state index contributed by atoms with van der Waals surface area (Å²) in [6, 6.07) is 1.50. The summed E-state index contributed by atoms with van der Waals surface area (Å²) >= 11 is 0. The SMILES string of the molecule is CC(CN)NC(=O)C(C)n1cccn1. The zero-order valence-corrected chi connectivity index (χ0v) is 8.47. The van der Waals surface area contributed by atoms with E-state index in [9.17, 15) is 4.79 Å². The molecule has 0 radical (unpaired) electrons. The lowest BCUT2D eigenvalue weighted by Crippen LogP contribution is -2.41. The van der Waals surface area contributed by atoms with E-state index in [-0.39, 0.29) is 18.0 Å². The van der Waals surface area contributed by atoms with Crippen molar-refractivity contribution in [1.82, 2.24) is 15.1 Å². The fourth-order valence-electron chi connectivity index (χ4n) is 1.05. The van der Waals surface area contributed by atoms with Gasteiger partial charge in [0.05, 0.1) is 0 Å². The lowest BCUT2D eigenvalue weighted by molar-refractivity contribution is -0.124. The van der Waals surface area contributed by atoms with E-state index in [1.807, 2.05) is 6.92 Å². The van der Waals surface area contributed by atoms with Crippen LogP contribution in [0.2, 0.25) is 0 Å². The number of hydrogen-bond donors (Lipinski definition) is 2. The van der Waals surface area contributed by atoms with E-state index in [1.54, 1.807) is 30.1 Å². The maximum atomic E-state index is 11.6. The smallest absolute Gasteiger partial charge is 0.244 e. The molecule has 0 bridgehead atoms. The molecule has 5 nitrogen and oxygen atoms in total. The lowest BCUT2D eigenvalue weighted by Gasteiger charge is -2.16. The second-order valence-electron chi connectivity index (χ2n) is 3.31. The van der Waals surface area contributed by atoms with Gasteiger partial charge in [0.2, 0.25) is 5.91 Å². The molecule has 1 amide bonds. The van der Waals surface area contributed by atoms with Gasteiger partial charge < -0.3 is 11.1 Å². The largest absolute Gasteiger partial charge is 0.351 e. The van der Waals surface area contributed by atoms with Gasteiger partial charge in [0.25, 0.3) is 0 Å². The maximum Gasteiger partial charge on any atom is 0.244 e. The monoisotopic (exact) mass is 196 g/mol. The Morgan fingerprint density at radius 3 is 2.86 bits per heavy atom. The van der Waals surface area contributed by atoms with Gasteiger partial charge in [0, 0.05) is 25.0 Å². The van der Waals surface area contributed by atoms with E-state index < -0.39 is 0 Å². The Kier molecular flexibility index (Phi) is 3.64. The topological polar surface area (TPSA) is 72.9 Å². The first-order valence-electron chi connectivity index (χ1n) is 4.64. The van der Waals surface area contributed by atoms with Crippen molar-refractivity contribution in [2.24, 2.45) is 5.73 Å². The molecular weight excluding hydrogens is 180 g/mol. The first-order valence-corrected chi connectivity index (χ1v) is 4.64. The highest BCUT2D eigenvalue weighted by molar-refractivity contribution is 5.80. The molecule has 14 heavy (non-hydrogen) atoms. The molecule has 2 atom stereocenters. The second kappa shape index (κ2) is 4.76. The minimum atomic E-state index is -0.293. The Hall–Kier alpha value is -1.36. The molecular formula is C9H16N4O. The quantitative estimate of drug-likeness (QED) is 0.706. The average molecular weight is 196 g/mol. The van der Waals surface area contributed by atoms with Crippen molar-refractivity contribution in [2.75, 3.05) is 6.54 Å². The molecule has 0 aliphatic carbocycles. The highest BCUT2D eigenvalue weighted by Gasteiger charge is 2.15. The second-order valence-corrected chi connectivity index (χ2v) is 3.31. The van der Waals surface area contributed by atoms with Crippen LogP contribution in [0.25, 0.3) is 0 Å². The number of hydrogen-bond acceptors (Lipinski definition) is 3. The summed E-state index contributed by atoms with van der Waals surface area (Å²) in [5.74, 6) is -0.0633. The van der Waals surface area contributed by atoms with Crippen molar-refractivity contribution < 1.29 is 4.79 Å². The minimum absolute atomic E-state index is 0.000474. The first kappa shape index (κ1) is 10.7. The van der Waals surface area contributed by atoms with Crippen molar-refractivity contribution in [1.29, 1.82) is 0 Å². The van der Waals surface area contributed by atoms with Crippen LogP contribution in [0, 0.1) is 0 Å². The van der Waals surface area contributed by atoms with Gasteiger partial charge in [0.15, 0.2) is 0 Å². The Morgan fingerprint density at radius 2 is 2.36 bits per heavy atom. The van der Waals surface area contributed by atoms with E-state index in [4.69, 9.17) is 5.73 Å². The van der Waals surface area contributed by atoms with Crippen LogP contribution >= 0.6 is 0 Å². The molecule has 0 spiro atoms. The molecule has 2 unspecified atom stereocenters. The molecule has 5 heteroatoms. The normalized spacial score (nSPS) is 14.8. The van der Waals surface area contributed by atoms with Crippen LogP contribution < -0.4 is 11.1 Å². The van der Waals surface area contributed by atoms with Crippen LogP contribution in [0.3, 0.4) is 0 Å². The van der Waals surface area contributed by atoms with E-state index in [0.29, 0.717) is 6.54 Å². The number of aromatic nitrogens is 2. The van der Waals surface area contributed by atoms with Crippen LogP contribution in [0.15, 0.2) is 18.5 Å². The fourth-order valence-corrected chi connectivity index (χ4v) is 1.05. The van der Waals surface area contributed by atoms with Crippen molar-refractivity contribution in [2.45, 2.75) is 25.9 Å². The van der Waals surface area contributed by atoms with Crippen LogP contribution in [0.1, 0.15) is 19.9 Å². The third kappa shape index (κ3) is 2.56. The Morgan fingerprint density at radius 1 is 1.64 bits per heavy atom. The third-order valence-corrected chi connectivity index (χ3v) is 2.04. The molecule has 0 aliphatic heterocycles. The van der Waals surface area contributed by atoms with Gasteiger partial charge in [-0.3, -0.25) is 9.48 Å². The number of nitrogens with one attached hydrogen (secondary N) is 1. The summed E-state index contributed by atoms with van der Waals surface area (Å²) in [6.07, 6.45) is 3.41. The number of nitrogens with two attached hydrogens (primary N) is 1. The predicted octanol–water partition coefficient (Wildman–Crippen LogP) is -0.0925. The number of carbonyl (C=O) groups excluding carboxylic acids is 1. The molecule has 1 rings (SSSR count). The van der Waals surface area contributed by atoms with Gasteiger partial charge in [-0.25, -0.2) is 0 Å². The van der Waals surface area contributed by atoms with Crippen LogP contribution in [-0.2, 0) is 4.79 Å². The standard InChI is InChI=1S/C9H16N4O/c1-7(6-10)12-9(14)8(2)13-5-3-4-11-13/h3-5,7-8H,6,10H2,1-2H3,(H,12,14). The molecule has 78 valence electrons. The van der Waals surface area contributed by atoms with Crippen molar-refractivity contribution in [3.63, 3.8) is 0 Å². The summed E-state index contributed by atoms with van der Waals surface area (Å²) in [5, 5.41) is 6.79. The van der Waals surface area contributed by atoms with Crippen molar-refractivity contribution in [3.05, 3.63) is 18.5 Å². The van der Waals surface area contributed by atoms with Gasteiger partial charge in [-0.2, -0.15) is 5.10 Å². The maximum absolute atomic E-state index is 11.6. The third-order valence-electron chi connectivity index (χ3n) is 2.04. The van der Waals surface area contributed by atoms with Crippen molar-refractivity contribution in [3.8, 4) is 0 Å². The van der Waals surface area contributed by atoms with Crippen LogP contribution in [0.5, 0.6) is 0 Å². The zero-order valence-electron chi connectivity index (χ0n) is 8.47. The minimum Gasteiger partial charge on any atom is -0.351 e. The van der Waals surface area contributed by atoms with Crippen LogP contribution in [0.4, 0.5) is 0 Å². The highest BCUT2D eigenvalue weighted by Crippen LogP contribution is 2.02.